The minimum absolute atomic E-state index is 0.144. The summed E-state index contributed by atoms with van der Waals surface area (Å²) < 4.78 is 0. The number of nitrogens with one attached hydrogen (secondary N) is 1. The van der Waals surface area contributed by atoms with Gasteiger partial charge in [0.2, 0.25) is 0 Å². The maximum atomic E-state index is 12.3. The molecule has 2 heterocycles. The molecule has 1 aromatic carbocycles. The first-order chi connectivity index (χ1) is 12.6. The van der Waals surface area contributed by atoms with Crippen LogP contribution in [0.25, 0.3) is 0 Å². The Kier molecular flexibility index (Phi) is 5.61. The van der Waals surface area contributed by atoms with Gasteiger partial charge in [0.05, 0.1) is 5.69 Å². The molecule has 1 N–H and O–H groups in total. The number of nitrogens with zero attached hydrogens (tertiary/aromatic N) is 4. The van der Waals surface area contributed by atoms with Crippen LogP contribution in [0.3, 0.4) is 0 Å². The summed E-state index contributed by atoms with van der Waals surface area (Å²) in [5.41, 5.74) is 4.29. The molecule has 1 amide bonds. The lowest BCUT2D eigenvalue weighted by Crippen LogP contribution is -2.30. The summed E-state index contributed by atoms with van der Waals surface area (Å²) in [5.74, 6) is 0.609. The Bertz CT molecular complexity index is 831. The second-order valence-corrected chi connectivity index (χ2v) is 6.47. The molecule has 0 radical (unpaired) electrons. The number of unbranched alkanes of at least 4 members (excludes halogenated alkanes) is 1. The second kappa shape index (κ2) is 8.08. The molecule has 0 fully saturated rings. The van der Waals surface area contributed by atoms with Crippen LogP contribution in [0.4, 0.5) is 17.2 Å². The van der Waals surface area contributed by atoms with Gasteiger partial charge in [-0.3, -0.25) is 4.79 Å². The van der Waals surface area contributed by atoms with Crippen molar-refractivity contribution < 1.29 is 4.79 Å². The van der Waals surface area contributed by atoms with Crippen LogP contribution in [0.1, 0.15) is 37.9 Å². The highest BCUT2D eigenvalue weighted by atomic mass is 16.1. The summed E-state index contributed by atoms with van der Waals surface area (Å²) >= 11 is 0. The number of rotatable bonds is 6. The Labute approximate surface area is 154 Å². The summed E-state index contributed by atoms with van der Waals surface area (Å²) in [7, 11) is 0. The van der Waals surface area contributed by atoms with E-state index in [9.17, 15) is 4.79 Å². The van der Waals surface area contributed by atoms with Crippen LogP contribution in [-0.4, -0.2) is 34.7 Å². The van der Waals surface area contributed by atoms with Gasteiger partial charge in [0.15, 0.2) is 5.82 Å². The van der Waals surface area contributed by atoms with Crippen LogP contribution in [0, 0.1) is 6.92 Å². The Balaban J connectivity index is 1.92. The van der Waals surface area contributed by atoms with Gasteiger partial charge < -0.3 is 10.2 Å². The molecule has 6 nitrogen and oxygen atoms in total. The molecule has 0 atom stereocenters. The molecule has 6 heteroatoms. The average Bonchev–Trinajstić information content (AvgIpc) is 3.07. The molecule has 0 bridgehead atoms. The lowest BCUT2D eigenvalue weighted by molar-refractivity contribution is -0.114. The van der Waals surface area contributed by atoms with Crippen LogP contribution < -0.4 is 10.2 Å². The molecule has 3 rings (SSSR count). The minimum atomic E-state index is -0.144. The molecule has 1 aliphatic heterocycles. The van der Waals surface area contributed by atoms with E-state index in [1.807, 2.05) is 13.0 Å². The molecule has 0 saturated heterocycles. The van der Waals surface area contributed by atoms with Gasteiger partial charge in [-0.25, -0.2) is 15.0 Å². The molecule has 0 spiro atoms. The highest BCUT2D eigenvalue weighted by Gasteiger charge is 2.24. The first-order valence-corrected chi connectivity index (χ1v) is 9.12. The summed E-state index contributed by atoms with van der Waals surface area (Å²) in [6.07, 6.45) is 4.53. The van der Waals surface area contributed by atoms with E-state index >= 15 is 0 Å². The SMILES string of the molecule is CCCCNC(=O)/C(C)=N/c1c(C)ncnc1N1CCc2ccccc21. The Morgan fingerprint density at radius 2 is 2.12 bits per heavy atom. The van der Waals surface area contributed by atoms with Gasteiger partial charge in [-0.2, -0.15) is 0 Å². The third-order valence-corrected chi connectivity index (χ3v) is 4.55. The first-order valence-electron chi connectivity index (χ1n) is 9.12. The average molecular weight is 351 g/mol. The van der Waals surface area contributed by atoms with Gasteiger partial charge in [-0.05, 0) is 38.3 Å². The van der Waals surface area contributed by atoms with Crippen molar-refractivity contribution in [2.24, 2.45) is 4.99 Å². The predicted octanol–water partition coefficient (Wildman–Crippen LogP) is 3.49. The topological polar surface area (TPSA) is 70.5 Å². The quantitative estimate of drug-likeness (QED) is 0.639. The molecule has 0 unspecified atom stereocenters. The van der Waals surface area contributed by atoms with Crippen LogP contribution in [0.5, 0.6) is 0 Å². The van der Waals surface area contributed by atoms with E-state index in [4.69, 9.17) is 0 Å². The van der Waals surface area contributed by atoms with E-state index in [0.29, 0.717) is 17.9 Å². The number of anilines is 2. The van der Waals surface area contributed by atoms with E-state index < -0.39 is 0 Å². The fraction of sp³-hybridized carbons (Fsp3) is 0.400. The number of carbonyl (C=O) groups excluding carboxylic acids is 1. The van der Waals surface area contributed by atoms with Gasteiger partial charge in [-0.15, -0.1) is 0 Å². The normalized spacial score (nSPS) is 13.7. The van der Waals surface area contributed by atoms with Crippen molar-refractivity contribution in [2.75, 3.05) is 18.0 Å². The first kappa shape index (κ1) is 18.0. The fourth-order valence-corrected chi connectivity index (χ4v) is 3.07. The largest absolute Gasteiger partial charge is 0.351 e. The van der Waals surface area contributed by atoms with Crippen LogP contribution in [0.15, 0.2) is 35.6 Å². The number of hydrogen-bond donors (Lipinski definition) is 1. The summed E-state index contributed by atoms with van der Waals surface area (Å²) in [6, 6.07) is 8.31. The summed E-state index contributed by atoms with van der Waals surface area (Å²) in [6.45, 7) is 7.24. The lowest BCUT2D eigenvalue weighted by Gasteiger charge is -2.20. The van der Waals surface area contributed by atoms with E-state index in [2.05, 4.69) is 50.3 Å². The van der Waals surface area contributed by atoms with E-state index in [-0.39, 0.29) is 5.91 Å². The van der Waals surface area contributed by atoms with Gasteiger partial charge in [0.25, 0.3) is 5.91 Å². The highest BCUT2D eigenvalue weighted by molar-refractivity contribution is 6.38. The number of aliphatic imine (C=N–C) groups is 1. The molecule has 2 aromatic rings. The zero-order valence-electron chi connectivity index (χ0n) is 15.6. The van der Waals surface area contributed by atoms with Crippen molar-refractivity contribution in [3.8, 4) is 0 Å². The monoisotopic (exact) mass is 351 g/mol. The van der Waals surface area contributed by atoms with E-state index in [1.165, 1.54) is 5.56 Å². The number of benzene rings is 1. The Morgan fingerprint density at radius 1 is 1.31 bits per heavy atom. The molecular weight excluding hydrogens is 326 g/mol. The number of carbonyl (C=O) groups is 1. The number of fused-ring (bicyclic) bond motifs is 1. The number of hydrogen-bond acceptors (Lipinski definition) is 5. The van der Waals surface area contributed by atoms with Crippen molar-refractivity contribution in [2.45, 2.75) is 40.0 Å². The van der Waals surface area contributed by atoms with Crippen molar-refractivity contribution in [1.82, 2.24) is 15.3 Å². The molecule has 26 heavy (non-hydrogen) atoms. The van der Waals surface area contributed by atoms with Crippen LogP contribution >= 0.6 is 0 Å². The smallest absolute Gasteiger partial charge is 0.265 e. The lowest BCUT2D eigenvalue weighted by atomic mass is 10.2. The number of amides is 1. The van der Waals surface area contributed by atoms with E-state index in [0.717, 1.165) is 43.0 Å². The predicted molar refractivity (Wildman–Crippen MR) is 105 cm³/mol. The highest BCUT2D eigenvalue weighted by Crippen LogP contribution is 2.38. The third-order valence-electron chi connectivity index (χ3n) is 4.55. The summed E-state index contributed by atoms with van der Waals surface area (Å²) in [5, 5.41) is 2.90. The Hall–Kier alpha value is -2.76. The molecule has 1 aromatic heterocycles. The number of para-hydroxylation sites is 1. The van der Waals surface area contributed by atoms with Crippen molar-refractivity contribution in [3.05, 3.63) is 41.9 Å². The van der Waals surface area contributed by atoms with Crippen molar-refractivity contribution in [1.29, 1.82) is 0 Å². The van der Waals surface area contributed by atoms with Gasteiger partial charge >= 0.3 is 0 Å². The molecule has 0 saturated carbocycles. The number of aromatic nitrogens is 2. The van der Waals surface area contributed by atoms with Crippen LogP contribution in [-0.2, 0) is 11.2 Å². The summed E-state index contributed by atoms with van der Waals surface area (Å²) in [4.78, 5) is 27.8. The molecular formula is C20H25N5O. The van der Waals surface area contributed by atoms with Gasteiger partial charge in [-0.1, -0.05) is 31.5 Å². The molecule has 136 valence electrons. The van der Waals surface area contributed by atoms with E-state index in [1.54, 1.807) is 13.3 Å². The third kappa shape index (κ3) is 3.74. The van der Waals surface area contributed by atoms with Crippen molar-refractivity contribution in [3.63, 3.8) is 0 Å². The standard InChI is InChI=1S/C20H25N5O/c1-4-5-11-21-20(26)15(3)24-18-14(2)22-13-23-19(18)25-12-10-16-8-6-7-9-17(16)25/h6-9,13H,4-5,10-12H2,1-3H3,(H,21,26)/b24-15+. The second-order valence-electron chi connectivity index (χ2n) is 6.47. The molecule has 1 aliphatic rings. The molecule has 0 aliphatic carbocycles. The van der Waals surface area contributed by atoms with Crippen molar-refractivity contribution >= 4 is 28.8 Å². The number of aryl methyl sites for hydroxylation is 1. The zero-order valence-corrected chi connectivity index (χ0v) is 15.6. The fourth-order valence-electron chi connectivity index (χ4n) is 3.07. The zero-order chi connectivity index (χ0) is 18.5. The maximum Gasteiger partial charge on any atom is 0.265 e. The van der Waals surface area contributed by atoms with Gasteiger partial charge in [0.1, 0.15) is 17.7 Å². The maximum absolute atomic E-state index is 12.3. The minimum Gasteiger partial charge on any atom is -0.351 e. The van der Waals surface area contributed by atoms with Gasteiger partial charge in [0, 0.05) is 18.8 Å². The Morgan fingerprint density at radius 3 is 2.92 bits per heavy atom. The van der Waals surface area contributed by atoms with Crippen LogP contribution in [0.2, 0.25) is 0 Å².